The molecule has 0 aliphatic rings. The van der Waals surface area contributed by atoms with E-state index in [1.54, 1.807) is 6.20 Å². The molecule has 0 fully saturated rings. The maximum absolute atomic E-state index is 3.94. The SMILES string of the molecule is Cc1c(C(C)(C)C)ccc(Nc2ccn[nH]2)c1I. The van der Waals surface area contributed by atoms with Crippen molar-refractivity contribution in [3.05, 3.63) is 39.1 Å². The van der Waals surface area contributed by atoms with Crippen LogP contribution < -0.4 is 5.32 Å². The molecule has 96 valence electrons. The van der Waals surface area contributed by atoms with Gasteiger partial charge in [0.05, 0.1) is 11.9 Å². The van der Waals surface area contributed by atoms with Crippen LogP contribution in [0.2, 0.25) is 0 Å². The van der Waals surface area contributed by atoms with Crippen LogP contribution in [-0.2, 0) is 5.41 Å². The normalized spacial score (nSPS) is 11.6. The summed E-state index contributed by atoms with van der Waals surface area (Å²) in [6.45, 7) is 8.91. The van der Waals surface area contributed by atoms with E-state index in [1.165, 1.54) is 14.7 Å². The van der Waals surface area contributed by atoms with Gasteiger partial charge in [0.1, 0.15) is 5.82 Å². The minimum absolute atomic E-state index is 0.177. The standard InChI is InChI=1S/C14H18IN3/c1-9-10(14(2,3)4)5-6-11(13(9)15)17-12-7-8-16-18-12/h5-8H,1-4H3,(H2,16,17,18). The molecular weight excluding hydrogens is 337 g/mol. The summed E-state index contributed by atoms with van der Waals surface area (Å²) in [4.78, 5) is 0. The van der Waals surface area contributed by atoms with Crippen LogP contribution in [0, 0.1) is 10.5 Å². The molecule has 3 nitrogen and oxygen atoms in total. The van der Waals surface area contributed by atoms with E-state index in [2.05, 4.69) is 77.9 Å². The van der Waals surface area contributed by atoms with Crippen molar-refractivity contribution in [1.82, 2.24) is 10.2 Å². The molecule has 0 radical (unpaired) electrons. The highest BCUT2D eigenvalue weighted by molar-refractivity contribution is 14.1. The van der Waals surface area contributed by atoms with Gasteiger partial charge in [0.15, 0.2) is 0 Å². The second kappa shape index (κ2) is 4.91. The van der Waals surface area contributed by atoms with Gasteiger partial charge >= 0.3 is 0 Å². The van der Waals surface area contributed by atoms with Crippen molar-refractivity contribution in [2.24, 2.45) is 0 Å². The number of nitrogens with zero attached hydrogens (tertiary/aromatic N) is 1. The predicted octanol–water partition coefficient (Wildman–Crippen LogP) is 4.36. The van der Waals surface area contributed by atoms with Crippen molar-refractivity contribution >= 4 is 34.1 Å². The van der Waals surface area contributed by atoms with Crippen molar-refractivity contribution in [3.8, 4) is 0 Å². The van der Waals surface area contributed by atoms with E-state index in [9.17, 15) is 0 Å². The Morgan fingerprint density at radius 2 is 1.94 bits per heavy atom. The monoisotopic (exact) mass is 355 g/mol. The Balaban J connectivity index is 2.38. The van der Waals surface area contributed by atoms with Gasteiger partial charge in [0, 0.05) is 9.64 Å². The van der Waals surface area contributed by atoms with Crippen LogP contribution in [0.25, 0.3) is 0 Å². The first-order valence-electron chi connectivity index (χ1n) is 5.95. The van der Waals surface area contributed by atoms with Gasteiger partial charge in [-0.2, -0.15) is 5.10 Å². The molecule has 0 saturated carbocycles. The summed E-state index contributed by atoms with van der Waals surface area (Å²) in [5.74, 6) is 0.913. The van der Waals surface area contributed by atoms with Crippen LogP contribution in [-0.4, -0.2) is 10.2 Å². The van der Waals surface area contributed by atoms with E-state index >= 15 is 0 Å². The number of aromatic amines is 1. The van der Waals surface area contributed by atoms with Crippen molar-refractivity contribution in [2.75, 3.05) is 5.32 Å². The van der Waals surface area contributed by atoms with E-state index in [1.807, 2.05) is 6.07 Å². The summed E-state index contributed by atoms with van der Waals surface area (Å²) in [5.41, 5.74) is 4.02. The fourth-order valence-corrected chi connectivity index (χ4v) is 2.67. The van der Waals surface area contributed by atoms with E-state index in [4.69, 9.17) is 0 Å². The molecule has 0 aliphatic carbocycles. The van der Waals surface area contributed by atoms with Crippen LogP contribution in [0.15, 0.2) is 24.4 Å². The summed E-state index contributed by atoms with van der Waals surface area (Å²) in [6.07, 6.45) is 1.74. The summed E-state index contributed by atoms with van der Waals surface area (Å²) < 4.78 is 1.26. The zero-order valence-corrected chi connectivity index (χ0v) is 13.3. The highest BCUT2D eigenvalue weighted by Crippen LogP contribution is 2.33. The van der Waals surface area contributed by atoms with Gasteiger partial charge in [0.25, 0.3) is 0 Å². The van der Waals surface area contributed by atoms with E-state index in [0.29, 0.717) is 0 Å². The summed E-state index contributed by atoms with van der Waals surface area (Å²) >= 11 is 2.40. The third-order valence-corrected chi connectivity index (χ3v) is 4.35. The Morgan fingerprint density at radius 1 is 1.22 bits per heavy atom. The molecule has 0 unspecified atom stereocenters. The molecule has 18 heavy (non-hydrogen) atoms. The molecule has 2 N–H and O–H groups in total. The second-order valence-corrected chi connectivity index (χ2v) is 6.52. The largest absolute Gasteiger partial charge is 0.340 e. The third kappa shape index (κ3) is 2.68. The zero-order valence-electron chi connectivity index (χ0n) is 11.1. The molecule has 4 heteroatoms. The number of aromatic nitrogens is 2. The number of nitrogens with one attached hydrogen (secondary N) is 2. The number of rotatable bonds is 2. The Bertz CT molecular complexity index is 539. The highest BCUT2D eigenvalue weighted by Gasteiger charge is 2.18. The smallest absolute Gasteiger partial charge is 0.125 e. The predicted molar refractivity (Wildman–Crippen MR) is 84.5 cm³/mol. The average molecular weight is 355 g/mol. The number of hydrogen-bond acceptors (Lipinski definition) is 2. The lowest BCUT2D eigenvalue weighted by molar-refractivity contribution is 0.585. The zero-order chi connectivity index (χ0) is 13.3. The van der Waals surface area contributed by atoms with Crippen LogP contribution in [0.1, 0.15) is 31.9 Å². The number of halogens is 1. The third-order valence-electron chi connectivity index (χ3n) is 2.96. The maximum atomic E-state index is 3.94. The van der Waals surface area contributed by atoms with Crippen molar-refractivity contribution in [1.29, 1.82) is 0 Å². The van der Waals surface area contributed by atoms with Gasteiger partial charge in [-0.25, -0.2) is 0 Å². The quantitative estimate of drug-likeness (QED) is 0.786. The molecule has 0 aliphatic heterocycles. The van der Waals surface area contributed by atoms with Gasteiger partial charge in [-0.3, -0.25) is 5.10 Å². The van der Waals surface area contributed by atoms with Crippen molar-refractivity contribution < 1.29 is 0 Å². The molecular formula is C14H18IN3. The molecule has 0 bridgehead atoms. The molecule has 0 amide bonds. The first kappa shape index (κ1) is 13.4. The highest BCUT2D eigenvalue weighted by atomic mass is 127. The first-order valence-corrected chi connectivity index (χ1v) is 7.03. The number of anilines is 2. The van der Waals surface area contributed by atoms with Crippen LogP contribution in [0.4, 0.5) is 11.5 Å². The Morgan fingerprint density at radius 3 is 2.50 bits per heavy atom. The molecule has 0 saturated heterocycles. The fourth-order valence-electron chi connectivity index (χ4n) is 2.06. The summed E-state index contributed by atoms with van der Waals surface area (Å²) in [5, 5.41) is 10.2. The Labute approximate surface area is 122 Å². The van der Waals surface area contributed by atoms with E-state index < -0.39 is 0 Å². The summed E-state index contributed by atoms with van der Waals surface area (Å²) in [6, 6.07) is 6.26. The number of hydrogen-bond donors (Lipinski definition) is 2. The topological polar surface area (TPSA) is 40.7 Å². The van der Waals surface area contributed by atoms with E-state index in [0.717, 1.165) is 11.5 Å². The van der Waals surface area contributed by atoms with Gasteiger partial charge in [0.2, 0.25) is 0 Å². The summed E-state index contributed by atoms with van der Waals surface area (Å²) in [7, 11) is 0. The van der Waals surface area contributed by atoms with Gasteiger partial charge in [-0.05, 0) is 52.1 Å². The fraction of sp³-hybridized carbons (Fsp3) is 0.357. The average Bonchev–Trinajstić information content (AvgIpc) is 2.76. The van der Waals surface area contributed by atoms with Crippen LogP contribution >= 0.6 is 22.6 Å². The molecule has 2 rings (SSSR count). The van der Waals surface area contributed by atoms with Gasteiger partial charge < -0.3 is 5.32 Å². The first-order chi connectivity index (χ1) is 8.39. The van der Waals surface area contributed by atoms with E-state index in [-0.39, 0.29) is 5.41 Å². The molecule has 1 heterocycles. The maximum Gasteiger partial charge on any atom is 0.125 e. The lowest BCUT2D eigenvalue weighted by atomic mass is 9.84. The lowest BCUT2D eigenvalue weighted by Crippen LogP contribution is -2.14. The molecule has 2 aromatic rings. The van der Waals surface area contributed by atoms with Crippen LogP contribution in [0.5, 0.6) is 0 Å². The van der Waals surface area contributed by atoms with Crippen LogP contribution in [0.3, 0.4) is 0 Å². The molecule has 0 atom stereocenters. The molecule has 1 aromatic carbocycles. The minimum atomic E-state index is 0.177. The Kier molecular flexibility index (Phi) is 3.66. The van der Waals surface area contributed by atoms with Gasteiger partial charge in [-0.1, -0.05) is 26.8 Å². The Hall–Kier alpha value is -1.04. The lowest BCUT2D eigenvalue weighted by Gasteiger charge is -2.23. The second-order valence-electron chi connectivity index (χ2n) is 5.44. The number of benzene rings is 1. The molecule has 0 spiro atoms. The minimum Gasteiger partial charge on any atom is -0.340 e. The van der Waals surface area contributed by atoms with Crippen molar-refractivity contribution in [2.45, 2.75) is 33.1 Å². The van der Waals surface area contributed by atoms with Crippen molar-refractivity contribution in [3.63, 3.8) is 0 Å². The number of H-pyrrole nitrogens is 1. The van der Waals surface area contributed by atoms with Gasteiger partial charge in [-0.15, -0.1) is 0 Å². The molecule has 1 aromatic heterocycles.